The molecule has 0 unspecified atom stereocenters. The number of likely N-dealkylation sites (tertiary alicyclic amines) is 1. The van der Waals surface area contributed by atoms with Crippen molar-refractivity contribution < 1.29 is 24.1 Å². The van der Waals surface area contributed by atoms with Crippen LogP contribution in [-0.4, -0.2) is 69.8 Å². The lowest BCUT2D eigenvalue weighted by Crippen LogP contribution is -2.78. The maximum absolute atomic E-state index is 13.7. The summed E-state index contributed by atoms with van der Waals surface area (Å²) >= 11 is 0. The Labute approximate surface area is 222 Å². The fourth-order valence-corrected chi connectivity index (χ4v) is 7.98. The summed E-state index contributed by atoms with van der Waals surface area (Å²) in [7, 11) is 1.79. The quantitative estimate of drug-likeness (QED) is 0.620. The first-order chi connectivity index (χ1) is 17.3. The van der Waals surface area contributed by atoms with Gasteiger partial charge in [-0.1, -0.05) is 18.2 Å². The number of benzene rings is 2. The van der Waals surface area contributed by atoms with Gasteiger partial charge in [-0.2, -0.15) is 0 Å². The van der Waals surface area contributed by atoms with Crippen LogP contribution in [0.2, 0.25) is 0 Å². The molecule has 0 radical (unpaired) electrons. The predicted molar refractivity (Wildman–Crippen MR) is 139 cm³/mol. The Morgan fingerprint density at radius 3 is 2.78 bits per heavy atom. The number of carbonyl (C=O) groups is 1. The monoisotopic (exact) mass is 528 g/mol. The molecule has 5 aliphatic rings. The number of halogens is 2. The van der Waals surface area contributed by atoms with Gasteiger partial charge in [0.1, 0.15) is 11.9 Å². The number of carbonyl (C=O) groups excluding carboxylic acids is 1. The van der Waals surface area contributed by atoms with E-state index >= 15 is 0 Å². The minimum absolute atomic E-state index is 0. The van der Waals surface area contributed by atoms with Crippen molar-refractivity contribution in [1.82, 2.24) is 9.80 Å². The van der Waals surface area contributed by atoms with Gasteiger partial charge in [0.05, 0.1) is 23.5 Å². The van der Waals surface area contributed by atoms with Crippen LogP contribution in [-0.2, 0) is 23.1 Å². The molecule has 7 rings (SSSR count). The van der Waals surface area contributed by atoms with Crippen LogP contribution in [0.1, 0.15) is 48.8 Å². The molecule has 2 bridgehead atoms. The zero-order valence-electron chi connectivity index (χ0n) is 21.0. The second-order valence-electron chi connectivity index (χ2n) is 11.7. The SMILES string of the molecule is CN(C(=O)Cc1cccc(F)c1)[C@H]1CC[C@@]2(O)[C@H]3Cc4ccc(O)c5c4[C@@]2(CCN3CC2CC2)[C@H]1O5.Cl. The summed E-state index contributed by atoms with van der Waals surface area (Å²) < 4.78 is 20.3. The number of rotatable bonds is 5. The van der Waals surface area contributed by atoms with Crippen molar-refractivity contribution in [2.45, 2.75) is 74.1 Å². The summed E-state index contributed by atoms with van der Waals surface area (Å²) in [6.45, 7) is 1.91. The fourth-order valence-electron chi connectivity index (χ4n) is 7.98. The van der Waals surface area contributed by atoms with Gasteiger partial charge in [0, 0.05) is 25.2 Å². The number of nitrogens with zero attached hydrogens (tertiary/aromatic N) is 2. The Morgan fingerprint density at radius 1 is 1.22 bits per heavy atom. The molecular formula is C29H34ClFN2O4. The minimum Gasteiger partial charge on any atom is -0.504 e. The molecule has 2 heterocycles. The Balaban J connectivity index is 0.00000252. The molecule has 198 valence electrons. The van der Waals surface area contributed by atoms with E-state index in [4.69, 9.17) is 4.74 Å². The topological polar surface area (TPSA) is 73.2 Å². The van der Waals surface area contributed by atoms with E-state index in [1.165, 1.54) is 25.0 Å². The van der Waals surface area contributed by atoms with Crippen molar-refractivity contribution in [2.24, 2.45) is 5.92 Å². The van der Waals surface area contributed by atoms with E-state index in [1.807, 2.05) is 6.07 Å². The highest BCUT2D eigenvalue weighted by atomic mass is 35.5. The van der Waals surface area contributed by atoms with E-state index in [1.54, 1.807) is 30.1 Å². The Kier molecular flexibility index (Phi) is 5.79. The molecule has 8 heteroatoms. The molecule has 37 heavy (non-hydrogen) atoms. The minimum atomic E-state index is -0.972. The molecule has 2 N–H and O–H groups in total. The summed E-state index contributed by atoms with van der Waals surface area (Å²) in [5.41, 5.74) is 1.12. The first-order valence-corrected chi connectivity index (χ1v) is 13.3. The van der Waals surface area contributed by atoms with E-state index in [2.05, 4.69) is 4.90 Å². The molecule has 0 aromatic heterocycles. The van der Waals surface area contributed by atoms with Gasteiger partial charge in [-0.05, 0) is 80.3 Å². The van der Waals surface area contributed by atoms with Crippen molar-refractivity contribution in [1.29, 1.82) is 0 Å². The summed E-state index contributed by atoms with van der Waals surface area (Å²) in [6.07, 6.45) is 4.90. The number of aromatic hydroxyl groups is 1. The van der Waals surface area contributed by atoms with Crippen LogP contribution in [0.3, 0.4) is 0 Å². The zero-order chi connectivity index (χ0) is 24.8. The molecule has 2 aliphatic heterocycles. The van der Waals surface area contributed by atoms with Gasteiger partial charge in [-0.15, -0.1) is 12.4 Å². The van der Waals surface area contributed by atoms with Crippen LogP contribution in [0.5, 0.6) is 11.5 Å². The van der Waals surface area contributed by atoms with Crippen LogP contribution in [0.25, 0.3) is 0 Å². The van der Waals surface area contributed by atoms with Crippen molar-refractivity contribution >= 4 is 18.3 Å². The molecule has 6 nitrogen and oxygen atoms in total. The third-order valence-corrected chi connectivity index (χ3v) is 9.87. The average molecular weight is 529 g/mol. The Hall–Kier alpha value is -2.35. The normalized spacial score (nSPS) is 33.2. The molecule has 2 saturated carbocycles. The molecule has 2 aromatic rings. The van der Waals surface area contributed by atoms with Crippen LogP contribution in [0.4, 0.5) is 4.39 Å². The standard InChI is InChI=1S/C29H33FN2O4.ClH/c1-31(24(34)14-18-3-2-4-20(30)13-18)21-9-10-29(35)23-15-19-7-8-22(33)26-25(19)28(29,27(21)36-26)11-12-32(23)16-17-5-6-17;/h2-4,7-8,13,17,21,23,27,33,35H,5-6,9-12,14-16H2,1H3;1H/t21-,23+,27-,28-,29+;/m0./s1. The molecule has 2 aromatic carbocycles. The van der Waals surface area contributed by atoms with Crippen LogP contribution in [0, 0.1) is 11.7 Å². The fraction of sp³-hybridized carbons (Fsp3) is 0.552. The molecule has 1 saturated heterocycles. The van der Waals surface area contributed by atoms with Crippen LogP contribution in [0.15, 0.2) is 36.4 Å². The lowest BCUT2D eigenvalue weighted by molar-refractivity contribution is -0.200. The van der Waals surface area contributed by atoms with E-state index in [-0.39, 0.29) is 48.4 Å². The van der Waals surface area contributed by atoms with Crippen molar-refractivity contribution in [3.8, 4) is 11.5 Å². The third kappa shape index (κ3) is 3.46. The van der Waals surface area contributed by atoms with Crippen LogP contribution >= 0.6 is 12.4 Å². The van der Waals surface area contributed by atoms with Gasteiger partial charge < -0.3 is 19.8 Å². The zero-order valence-corrected chi connectivity index (χ0v) is 21.8. The smallest absolute Gasteiger partial charge is 0.227 e. The predicted octanol–water partition coefficient (Wildman–Crippen LogP) is 3.59. The summed E-state index contributed by atoms with van der Waals surface area (Å²) in [5.74, 6) is 0.871. The maximum atomic E-state index is 13.7. The van der Waals surface area contributed by atoms with Crippen molar-refractivity contribution in [3.05, 3.63) is 58.9 Å². The van der Waals surface area contributed by atoms with Crippen molar-refractivity contribution in [2.75, 3.05) is 20.1 Å². The second-order valence-corrected chi connectivity index (χ2v) is 11.7. The highest BCUT2D eigenvalue weighted by Gasteiger charge is 2.73. The Morgan fingerprint density at radius 2 is 2.03 bits per heavy atom. The van der Waals surface area contributed by atoms with Gasteiger partial charge in [0.15, 0.2) is 11.5 Å². The van der Waals surface area contributed by atoms with Gasteiger partial charge >= 0.3 is 0 Å². The van der Waals surface area contributed by atoms with E-state index in [0.29, 0.717) is 24.2 Å². The van der Waals surface area contributed by atoms with Gasteiger partial charge in [0.2, 0.25) is 5.91 Å². The maximum Gasteiger partial charge on any atom is 0.227 e. The number of hydrogen-bond donors (Lipinski definition) is 2. The lowest BCUT2D eigenvalue weighted by atomic mass is 9.48. The number of hydrogen-bond acceptors (Lipinski definition) is 5. The number of aliphatic hydroxyl groups is 1. The van der Waals surface area contributed by atoms with Gasteiger partial charge in [-0.25, -0.2) is 4.39 Å². The van der Waals surface area contributed by atoms with Crippen LogP contribution < -0.4 is 4.74 Å². The van der Waals surface area contributed by atoms with E-state index < -0.39 is 17.1 Å². The summed E-state index contributed by atoms with van der Waals surface area (Å²) in [6, 6.07) is 9.63. The molecule has 3 fully saturated rings. The van der Waals surface area contributed by atoms with Crippen molar-refractivity contribution in [3.63, 3.8) is 0 Å². The van der Waals surface area contributed by atoms with Gasteiger partial charge in [-0.3, -0.25) is 9.69 Å². The number of amides is 1. The first-order valence-electron chi connectivity index (χ1n) is 13.3. The Bertz CT molecular complexity index is 1250. The molecule has 5 atom stereocenters. The highest BCUT2D eigenvalue weighted by Crippen LogP contribution is 2.66. The van der Waals surface area contributed by atoms with E-state index in [9.17, 15) is 19.4 Å². The number of piperidine rings is 1. The van der Waals surface area contributed by atoms with E-state index in [0.717, 1.165) is 43.0 Å². The molecular weight excluding hydrogens is 495 g/mol. The number of likely N-dealkylation sites (N-methyl/N-ethyl adjacent to an activating group) is 1. The third-order valence-electron chi connectivity index (χ3n) is 9.87. The summed E-state index contributed by atoms with van der Waals surface area (Å²) in [5, 5.41) is 23.4. The number of phenols is 1. The average Bonchev–Trinajstić information content (AvgIpc) is 3.59. The summed E-state index contributed by atoms with van der Waals surface area (Å²) in [4.78, 5) is 17.6. The largest absolute Gasteiger partial charge is 0.504 e. The molecule has 1 spiro atoms. The highest BCUT2D eigenvalue weighted by molar-refractivity contribution is 5.85. The van der Waals surface area contributed by atoms with Gasteiger partial charge in [0.25, 0.3) is 0 Å². The molecule has 3 aliphatic carbocycles. The number of ether oxygens (including phenoxy) is 1. The lowest BCUT2D eigenvalue weighted by Gasteiger charge is -2.64. The molecule has 1 amide bonds. The number of phenolic OH excluding ortho intramolecular Hbond substituents is 1. The second kappa shape index (κ2) is 8.58. The first kappa shape index (κ1) is 25.0.